The second kappa shape index (κ2) is 8.82. The number of anilines is 1. The van der Waals surface area contributed by atoms with Gasteiger partial charge in [-0.2, -0.15) is 0 Å². The molecule has 3 rings (SSSR count). The summed E-state index contributed by atoms with van der Waals surface area (Å²) in [5, 5.41) is 11.0. The molecular formula is C17H20ClN3O2S. The van der Waals surface area contributed by atoms with Crippen molar-refractivity contribution in [1.82, 2.24) is 10.6 Å². The smallest absolute Gasteiger partial charge is 0.265 e. The molecule has 1 atom stereocenters. The van der Waals surface area contributed by atoms with Crippen LogP contribution in [-0.4, -0.2) is 30.9 Å². The van der Waals surface area contributed by atoms with Gasteiger partial charge in [0.25, 0.3) is 11.8 Å². The zero-order valence-electron chi connectivity index (χ0n) is 13.1. The number of hydrogen-bond donors (Lipinski definition) is 3. The number of hydrogen-bond acceptors (Lipinski definition) is 4. The molecule has 0 saturated carbocycles. The fourth-order valence-electron chi connectivity index (χ4n) is 2.59. The molecule has 2 amide bonds. The van der Waals surface area contributed by atoms with Crippen LogP contribution >= 0.6 is 23.7 Å². The fourth-order valence-corrected chi connectivity index (χ4v) is 3.21. The van der Waals surface area contributed by atoms with Crippen molar-refractivity contribution in [1.29, 1.82) is 0 Å². The molecule has 1 aliphatic rings. The molecule has 5 nitrogen and oxygen atoms in total. The molecule has 1 fully saturated rings. The predicted octanol–water partition coefficient (Wildman–Crippen LogP) is 2.90. The van der Waals surface area contributed by atoms with Crippen LogP contribution in [0.25, 0.3) is 0 Å². The fraction of sp³-hybridized carbons (Fsp3) is 0.294. The lowest BCUT2D eigenvalue weighted by Crippen LogP contribution is -2.37. The molecule has 0 bridgehead atoms. The van der Waals surface area contributed by atoms with Crippen LogP contribution in [0.5, 0.6) is 0 Å². The Bertz CT molecular complexity index is 685. The Hall–Kier alpha value is -1.89. The van der Waals surface area contributed by atoms with Gasteiger partial charge in [0.1, 0.15) is 0 Å². The monoisotopic (exact) mass is 365 g/mol. The minimum atomic E-state index is -0.160. The molecule has 0 aliphatic carbocycles. The Morgan fingerprint density at radius 3 is 2.79 bits per heavy atom. The van der Waals surface area contributed by atoms with Gasteiger partial charge >= 0.3 is 0 Å². The molecule has 0 radical (unpaired) electrons. The molecule has 2 heterocycles. The maximum absolute atomic E-state index is 12.2. The summed E-state index contributed by atoms with van der Waals surface area (Å²) in [6, 6.07) is 11.0. The summed E-state index contributed by atoms with van der Waals surface area (Å²) in [5.41, 5.74) is 1.17. The Labute approximate surface area is 151 Å². The molecule has 3 N–H and O–H groups in total. The lowest BCUT2D eigenvalue weighted by Gasteiger charge is -2.12. The molecular weight excluding hydrogens is 346 g/mol. The number of carbonyl (C=O) groups excluding carboxylic acids is 2. The van der Waals surface area contributed by atoms with E-state index in [2.05, 4.69) is 16.0 Å². The van der Waals surface area contributed by atoms with Crippen LogP contribution in [0.2, 0.25) is 0 Å². The van der Waals surface area contributed by atoms with Gasteiger partial charge in [-0.15, -0.1) is 23.7 Å². The van der Waals surface area contributed by atoms with E-state index in [1.807, 2.05) is 11.4 Å². The van der Waals surface area contributed by atoms with Gasteiger partial charge < -0.3 is 16.0 Å². The van der Waals surface area contributed by atoms with Crippen molar-refractivity contribution in [3.05, 3.63) is 52.2 Å². The average molecular weight is 366 g/mol. The van der Waals surface area contributed by atoms with Gasteiger partial charge in [0.15, 0.2) is 0 Å². The minimum absolute atomic E-state index is 0. The Morgan fingerprint density at radius 2 is 2.08 bits per heavy atom. The average Bonchev–Trinajstić information content (AvgIpc) is 3.26. The van der Waals surface area contributed by atoms with Gasteiger partial charge in [-0.1, -0.05) is 12.1 Å². The number of rotatable bonds is 5. The zero-order chi connectivity index (χ0) is 16.1. The summed E-state index contributed by atoms with van der Waals surface area (Å²) < 4.78 is 0. The lowest BCUT2D eigenvalue weighted by molar-refractivity contribution is 0.0949. The number of thiophene rings is 1. The van der Waals surface area contributed by atoms with Crippen molar-refractivity contribution >= 4 is 41.2 Å². The van der Waals surface area contributed by atoms with Gasteiger partial charge in [0.05, 0.1) is 4.88 Å². The van der Waals surface area contributed by atoms with E-state index in [0.29, 0.717) is 28.7 Å². The van der Waals surface area contributed by atoms with Crippen molar-refractivity contribution in [2.75, 3.05) is 18.4 Å². The highest BCUT2D eigenvalue weighted by Gasteiger charge is 2.15. The summed E-state index contributed by atoms with van der Waals surface area (Å²) in [4.78, 5) is 24.9. The number of amides is 2. The van der Waals surface area contributed by atoms with E-state index < -0.39 is 0 Å². The van der Waals surface area contributed by atoms with E-state index in [1.54, 1.807) is 30.3 Å². The van der Waals surface area contributed by atoms with E-state index in [9.17, 15) is 9.59 Å². The molecule has 0 spiro atoms. The first kappa shape index (κ1) is 18.4. The summed E-state index contributed by atoms with van der Waals surface area (Å²) in [5.74, 6) is -0.279. The van der Waals surface area contributed by atoms with Crippen LogP contribution in [0.1, 0.15) is 32.9 Å². The SMILES string of the molecule is Cl.O=C(NCC1CCCN1)c1cccc(NC(=O)c2cccs2)c1. The Morgan fingerprint density at radius 1 is 1.21 bits per heavy atom. The van der Waals surface area contributed by atoms with Crippen LogP contribution < -0.4 is 16.0 Å². The van der Waals surface area contributed by atoms with Crippen molar-refractivity contribution in [2.24, 2.45) is 0 Å². The number of halogens is 1. The molecule has 24 heavy (non-hydrogen) atoms. The molecule has 1 unspecified atom stereocenters. The highest BCUT2D eigenvalue weighted by atomic mass is 35.5. The van der Waals surface area contributed by atoms with Crippen LogP contribution in [0.15, 0.2) is 41.8 Å². The standard InChI is InChI=1S/C17H19N3O2S.ClH/c21-16(19-11-14-6-2-8-18-14)12-4-1-5-13(10-12)20-17(22)15-7-3-9-23-15;/h1,3-5,7,9-10,14,18H,2,6,8,11H2,(H,19,21)(H,20,22);1H. The molecule has 1 aromatic heterocycles. The number of nitrogens with one attached hydrogen (secondary N) is 3. The highest BCUT2D eigenvalue weighted by Crippen LogP contribution is 2.15. The Balaban J connectivity index is 0.00000208. The highest BCUT2D eigenvalue weighted by molar-refractivity contribution is 7.12. The van der Waals surface area contributed by atoms with Crippen LogP contribution in [-0.2, 0) is 0 Å². The van der Waals surface area contributed by atoms with Gasteiger partial charge in [0.2, 0.25) is 0 Å². The first-order valence-electron chi connectivity index (χ1n) is 7.69. The minimum Gasteiger partial charge on any atom is -0.350 e. The van der Waals surface area contributed by atoms with Gasteiger partial charge in [0, 0.05) is 23.8 Å². The van der Waals surface area contributed by atoms with Crippen molar-refractivity contribution in [3.8, 4) is 0 Å². The maximum Gasteiger partial charge on any atom is 0.265 e. The number of benzene rings is 1. The second-order valence-electron chi connectivity index (χ2n) is 5.52. The third-order valence-corrected chi connectivity index (χ3v) is 4.67. The molecule has 2 aromatic rings. The first-order valence-corrected chi connectivity index (χ1v) is 8.57. The molecule has 1 saturated heterocycles. The molecule has 128 valence electrons. The van der Waals surface area contributed by atoms with Crippen molar-refractivity contribution < 1.29 is 9.59 Å². The van der Waals surface area contributed by atoms with Crippen LogP contribution in [0, 0.1) is 0 Å². The quantitative estimate of drug-likeness (QED) is 0.763. The van der Waals surface area contributed by atoms with E-state index in [-0.39, 0.29) is 24.2 Å². The number of carbonyl (C=O) groups is 2. The summed E-state index contributed by atoms with van der Waals surface area (Å²) in [6.45, 7) is 1.65. The first-order chi connectivity index (χ1) is 11.2. The third kappa shape index (κ3) is 4.80. The van der Waals surface area contributed by atoms with Gasteiger partial charge in [-0.3, -0.25) is 9.59 Å². The van der Waals surface area contributed by atoms with Crippen LogP contribution in [0.4, 0.5) is 5.69 Å². The van der Waals surface area contributed by atoms with E-state index in [1.165, 1.54) is 11.3 Å². The largest absolute Gasteiger partial charge is 0.350 e. The molecule has 1 aliphatic heterocycles. The van der Waals surface area contributed by atoms with E-state index >= 15 is 0 Å². The predicted molar refractivity (Wildman–Crippen MR) is 99.3 cm³/mol. The van der Waals surface area contributed by atoms with Crippen molar-refractivity contribution in [3.63, 3.8) is 0 Å². The topological polar surface area (TPSA) is 70.2 Å². The van der Waals surface area contributed by atoms with Crippen molar-refractivity contribution in [2.45, 2.75) is 18.9 Å². The third-order valence-electron chi connectivity index (χ3n) is 3.80. The van der Waals surface area contributed by atoms with Gasteiger partial charge in [-0.05, 0) is 49.0 Å². The summed E-state index contributed by atoms with van der Waals surface area (Å²) in [6.07, 6.45) is 2.25. The normalized spacial score (nSPS) is 16.2. The zero-order valence-corrected chi connectivity index (χ0v) is 14.7. The van der Waals surface area contributed by atoms with E-state index in [4.69, 9.17) is 0 Å². The summed E-state index contributed by atoms with van der Waals surface area (Å²) in [7, 11) is 0. The van der Waals surface area contributed by atoms with E-state index in [0.717, 1.165) is 19.4 Å². The lowest BCUT2D eigenvalue weighted by atomic mass is 10.1. The Kier molecular flexibility index (Phi) is 6.78. The maximum atomic E-state index is 12.2. The second-order valence-corrected chi connectivity index (χ2v) is 6.46. The van der Waals surface area contributed by atoms with Gasteiger partial charge in [-0.25, -0.2) is 0 Å². The molecule has 1 aromatic carbocycles. The molecule has 7 heteroatoms. The van der Waals surface area contributed by atoms with Crippen LogP contribution in [0.3, 0.4) is 0 Å². The summed E-state index contributed by atoms with van der Waals surface area (Å²) >= 11 is 1.38.